The Morgan fingerprint density at radius 3 is 2.81 bits per heavy atom. The fourth-order valence-corrected chi connectivity index (χ4v) is 2.12. The lowest BCUT2D eigenvalue weighted by molar-refractivity contribution is 0.380. The van der Waals surface area contributed by atoms with Gasteiger partial charge in [-0.25, -0.2) is 8.78 Å². The van der Waals surface area contributed by atoms with Gasteiger partial charge in [0.05, 0.1) is 0 Å². The molecule has 1 saturated heterocycles. The van der Waals surface area contributed by atoms with E-state index in [9.17, 15) is 13.9 Å². The number of hydrogen-bond donors (Lipinski definition) is 2. The molecule has 0 saturated carbocycles. The van der Waals surface area contributed by atoms with E-state index in [1.165, 1.54) is 6.07 Å². The Morgan fingerprint density at radius 1 is 1.31 bits per heavy atom. The van der Waals surface area contributed by atoms with Crippen molar-refractivity contribution in [3.8, 4) is 5.75 Å². The van der Waals surface area contributed by atoms with E-state index < -0.39 is 11.6 Å². The standard InChI is InChI=1S/C12H15F2NO/c13-10-4-5-11(16)9(12(10)14)7-8-3-1-2-6-15-8/h4-5,8,15-16H,1-3,6-7H2. The highest BCUT2D eigenvalue weighted by Gasteiger charge is 2.19. The van der Waals surface area contributed by atoms with Crippen molar-refractivity contribution >= 4 is 0 Å². The molecule has 1 aromatic carbocycles. The maximum atomic E-state index is 13.5. The topological polar surface area (TPSA) is 32.3 Å². The van der Waals surface area contributed by atoms with Crippen LogP contribution in [0.15, 0.2) is 12.1 Å². The maximum Gasteiger partial charge on any atom is 0.165 e. The Hall–Kier alpha value is -1.16. The average molecular weight is 227 g/mol. The van der Waals surface area contributed by atoms with Gasteiger partial charge in [-0.3, -0.25) is 0 Å². The number of rotatable bonds is 2. The fraction of sp³-hybridized carbons (Fsp3) is 0.500. The van der Waals surface area contributed by atoms with Crippen LogP contribution in [-0.4, -0.2) is 17.7 Å². The average Bonchev–Trinajstić information content (AvgIpc) is 2.31. The number of phenolic OH excluding ortho intramolecular Hbond substituents is 1. The molecule has 1 unspecified atom stereocenters. The van der Waals surface area contributed by atoms with E-state index in [2.05, 4.69) is 5.32 Å². The van der Waals surface area contributed by atoms with Gasteiger partial charge < -0.3 is 10.4 Å². The quantitative estimate of drug-likeness (QED) is 0.812. The Labute approximate surface area is 93.3 Å². The summed E-state index contributed by atoms with van der Waals surface area (Å²) in [6.45, 7) is 0.905. The Balaban J connectivity index is 2.16. The van der Waals surface area contributed by atoms with Crippen LogP contribution in [0.3, 0.4) is 0 Å². The molecular formula is C12H15F2NO. The van der Waals surface area contributed by atoms with Crippen LogP contribution in [-0.2, 0) is 6.42 Å². The number of benzene rings is 1. The summed E-state index contributed by atoms with van der Waals surface area (Å²) >= 11 is 0. The number of phenols is 1. The van der Waals surface area contributed by atoms with Crippen molar-refractivity contribution in [1.82, 2.24) is 5.32 Å². The van der Waals surface area contributed by atoms with Crippen LogP contribution in [0.2, 0.25) is 0 Å². The number of piperidine rings is 1. The summed E-state index contributed by atoms with van der Waals surface area (Å²) in [4.78, 5) is 0. The van der Waals surface area contributed by atoms with Crippen molar-refractivity contribution < 1.29 is 13.9 Å². The maximum absolute atomic E-state index is 13.5. The van der Waals surface area contributed by atoms with Gasteiger partial charge in [-0.15, -0.1) is 0 Å². The summed E-state index contributed by atoms with van der Waals surface area (Å²) in [5.74, 6) is -1.98. The van der Waals surface area contributed by atoms with Crippen molar-refractivity contribution in [1.29, 1.82) is 0 Å². The molecule has 0 amide bonds. The molecule has 0 bridgehead atoms. The van der Waals surface area contributed by atoms with E-state index in [1.807, 2.05) is 0 Å². The second-order valence-electron chi connectivity index (χ2n) is 4.21. The SMILES string of the molecule is Oc1ccc(F)c(F)c1CC1CCCCN1. The molecule has 1 aliphatic rings. The fourth-order valence-electron chi connectivity index (χ4n) is 2.12. The zero-order chi connectivity index (χ0) is 11.5. The van der Waals surface area contributed by atoms with Crippen LogP contribution >= 0.6 is 0 Å². The Bertz CT molecular complexity index is 376. The van der Waals surface area contributed by atoms with Crippen molar-refractivity contribution in [3.05, 3.63) is 29.3 Å². The molecule has 1 fully saturated rings. The van der Waals surface area contributed by atoms with Gasteiger partial charge in [-0.2, -0.15) is 0 Å². The van der Waals surface area contributed by atoms with E-state index in [-0.39, 0.29) is 17.4 Å². The molecule has 2 nitrogen and oxygen atoms in total. The molecule has 16 heavy (non-hydrogen) atoms. The predicted molar refractivity (Wildman–Crippen MR) is 57.4 cm³/mol. The molecule has 4 heteroatoms. The van der Waals surface area contributed by atoms with Gasteiger partial charge in [0.1, 0.15) is 5.75 Å². The lowest BCUT2D eigenvalue weighted by Gasteiger charge is -2.23. The minimum absolute atomic E-state index is 0.0828. The van der Waals surface area contributed by atoms with Crippen molar-refractivity contribution in [2.24, 2.45) is 0 Å². The molecular weight excluding hydrogens is 212 g/mol. The number of hydrogen-bond acceptors (Lipinski definition) is 2. The van der Waals surface area contributed by atoms with E-state index in [0.717, 1.165) is 31.9 Å². The molecule has 0 spiro atoms. The third-order valence-electron chi connectivity index (χ3n) is 3.03. The molecule has 2 rings (SSSR count). The zero-order valence-corrected chi connectivity index (χ0v) is 8.97. The molecule has 1 aromatic rings. The summed E-state index contributed by atoms with van der Waals surface area (Å²) in [6, 6.07) is 2.29. The largest absolute Gasteiger partial charge is 0.508 e. The zero-order valence-electron chi connectivity index (χ0n) is 8.97. The monoisotopic (exact) mass is 227 g/mol. The van der Waals surface area contributed by atoms with Gasteiger partial charge in [0.2, 0.25) is 0 Å². The minimum atomic E-state index is -0.924. The molecule has 1 heterocycles. The highest BCUT2D eigenvalue weighted by Crippen LogP contribution is 2.25. The summed E-state index contributed by atoms with van der Waals surface area (Å²) < 4.78 is 26.5. The summed E-state index contributed by atoms with van der Waals surface area (Å²) in [6.07, 6.45) is 3.49. The first kappa shape index (κ1) is 11.3. The van der Waals surface area contributed by atoms with Crippen LogP contribution in [0.1, 0.15) is 24.8 Å². The van der Waals surface area contributed by atoms with Gasteiger partial charge in [0, 0.05) is 11.6 Å². The van der Waals surface area contributed by atoms with Crippen molar-refractivity contribution in [2.45, 2.75) is 31.7 Å². The van der Waals surface area contributed by atoms with Crippen LogP contribution < -0.4 is 5.32 Å². The third kappa shape index (κ3) is 2.32. The third-order valence-corrected chi connectivity index (χ3v) is 3.03. The second kappa shape index (κ2) is 4.78. The van der Waals surface area contributed by atoms with Crippen molar-refractivity contribution in [3.63, 3.8) is 0 Å². The van der Waals surface area contributed by atoms with E-state index in [4.69, 9.17) is 0 Å². The molecule has 0 aliphatic carbocycles. The van der Waals surface area contributed by atoms with E-state index >= 15 is 0 Å². The lowest BCUT2D eigenvalue weighted by atomic mass is 9.97. The van der Waals surface area contributed by atoms with Crippen LogP contribution in [0, 0.1) is 11.6 Å². The molecule has 88 valence electrons. The summed E-state index contributed by atoms with van der Waals surface area (Å²) in [5.41, 5.74) is 0.0828. The molecule has 0 radical (unpaired) electrons. The van der Waals surface area contributed by atoms with E-state index in [0.29, 0.717) is 6.42 Å². The second-order valence-corrected chi connectivity index (χ2v) is 4.21. The van der Waals surface area contributed by atoms with Gasteiger partial charge in [0.25, 0.3) is 0 Å². The Morgan fingerprint density at radius 2 is 2.12 bits per heavy atom. The number of aromatic hydroxyl groups is 1. The first-order valence-electron chi connectivity index (χ1n) is 5.57. The Kier molecular flexibility index (Phi) is 3.39. The van der Waals surface area contributed by atoms with Gasteiger partial charge >= 0.3 is 0 Å². The number of nitrogens with one attached hydrogen (secondary N) is 1. The first-order valence-corrected chi connectivity index (χ1v) is 5.57. The van der Waals surface area contributed by atoms with Crippen LogP contribution in [0.5, 0.6) is 5.75 Å². The highest BCUT2D eigenvalue weighted by atomic mass is 19.2. The van der Waals surface area contributed by atoms with Crippen LogP contribution in [0.25, 0.3) is 0 Å². The highest BCUT2D eigenvalue weighted by molar-refractivity contribution is 5.34. The van der Waals surface area contributed by atoms with Crippen molar-refractivity contribution in [2.75, 3.05) is 6.54 Å². The van der Waals surface area contributed by atoms with Gasteiger partial charge in [-0.1, -0.05) is 6.42 Å². The summed E-state index contributed by atoms with van der Waals surface area (Å²) in [7, 11) is 0. The molecule has 1 aliphatic heterocycles. The normalized spacial score (nSPS) is 21.0. The molecule has 0 aromatic heterocycles. The first-order chi connectivity index (χ1) is 7.68. The predicted octanol–water partition coefficient (Wildman–Crippen LogP) is 2.35. The molecule has 1 atom stereocenters. The van der Waals surface area contributed by atoms with Gasteiger partial charge in [-0.05, 0) is 37.9 Å². The van der Waals surface area contributed by atoms with Crippen LogP contribution in [0.4, 0.5) is 8.78 Å². The lowest BCUT2D eigenvalue weighted by Crippen LogP contribution is -2.35. The number of halogens is 2. The summed E-state index contributed by atoms with van der Waals surface area (Å²) in [5, 5.41) is 12.8. The van der Waals surface area contributed by atoms with Gasteiger partial charge in [0.15, 0.2) is 11.6 Å². The smallest absolute Gasteiger partial charge is 0.165 e. The minimum Gasteiger partial charge on any atom is -0.508 e. The molecule has 2 N–H and O–H groups in total. The van der Waals surface area contributed by atoms with E-state index in [1.54, 1.807) is 0 Å².